The third-order valence-corrected chi connectivity index (χ3v) is 2.96. The third-order valence-electron chi connectivity index (χ3n) is 2.96. The van der Waals surface area contributed by atoms with E-state index in [1.54, 1.807) is 17.6 Å². The summed E-state index contributed by atoms with van der Waals surface area (Å²) in [5, 5.41) is 11.1. The van der Waals surface area contributed by atoms with Crippen LogP contribution in [-0.2, 0) is 11.2 Å². The monoisotopic (exact) mass is 260 g/mol. The molecule has 0 aliphatic rings. The molecule has 0 aromatic heterocycles. The summed E-state index contributed by atoms with van der Waals surface area (Å²) in [4.78, 5) is 22.7. The second-order valence-corrected chi connectivity index (χ2v) is 4.33. The number of rotatable bonds is 5. The van der Waals surface area contributed by atoms with Crippen molar-refractivity contribution in [3.63, 3.8) is 0 Å². The first-order chi connectivity index (χ1) is 8.99. The fourth-order valence-corrected chi connectivity index (χ4v) is 2.02. The molecule has 0 bridgehead atoms. The standard InChI is InChI=1S/C13H17BN2O3/c1-8-5-10(13(18)16-19)6-9(2)11(8)3-4-12(17)15-7-14/h5-6,19H,3-4,7H2,1-2H3,(H,15,17)(H,16,18). The van der Waals surface area contributed by atoms with E-state index in [0.717, 1.165) is 16.7 Å². The molecule has 6 heteroatoms. The Morgan fingerprint density at radius 3 is 2.32 bits per heavy atom. The van der Waals surface area contributed by atoms with Crippen LogP contribution in [0.25, 0.3) is 0 Å². The van der Waals surface area contributed by atoms with E-state index in [-0.39, 0.29) is 12.4 Å². The number of hydrogen-bond donors (Lipinski definition) is 3. The molecule has 0 aliphatic heterocycles. The Balaban J connectivity index is 2.85. The van der Waals surface area contributed by atoms with Crippen molar-refractivity contribution >= 4 is 19.7 Å². The molecule has 0 heterocycles. The highest BCUT2D eigenvalue weighted by Gasteiger charge is 2.11. The number of carbonyl (C=O) groups is 2. The van der Waals surface area contributed by atoms with Crippen molar-refractivity contribution in [1.82, 2.24) is 10.8 Å². The highest BCUT2D eigenvalue weighted by Crippen LogP contribution is 2.18. The van der Waals surface area contributed by atoms with Gasteiger partial charge in [0.1, 0.15) is 0 Å². The van der Waals surface area contributed by atoms with Crippen molar-refractivity contribution in [3.8, 4) is 0 Å². The smallest absolute Gasteiger partial charge is 0.274 e. The van der Waals surface area contributed by atoms with Crippen LogP contribution in [-0.4, -0.2) is 31.3 Å². The Bertz CT molecular complexity index is 466. The number of benzene rings is 1. The van der Waals surface area contributed by atoms with Gasteiger partial charge in [-0.05, 0) is 55.5 Å². The number of nitrogens with one attached hydrogen (secondary N) is 2. The highest BCUT2D eigenvalue weighted by molar-refractivity contribution is 6.10. The molecule has 1 aromatic carbocycles. The van der Waals surface area contributed by atoms with Crippen molar-refractivity contribution in [2.75, 3.05) is 6.44 Å². The molecule has 0 unspecified atom stereocenters. The van der Waals surface area contributed by atoms with Crippen LogP contribution < -0.4 is 10.8 Å². The molecule has 0 saturated carbocycles. The SMILES string of the molecule is [B]CNC(=O)CCc1c(C)cc(C(=O)NO)cc1C. The summed E-state index contributed by atoms with van der Waals surface area (Å²) in [7, 11) is 5.23. The number of hydroxylamine groups is 1. The van der Waals surface area contributed by atoms with Crippen molar-refractivity contribution < 1.29 is 14.8 Å². The van der Waals surface area contributed by atoms with Crippen molar-refractivity contribution in [3.05, 3.63) is 34.4 Å². The first-order valence-corrected chi connectivity index (χ1v) is 6.01. The molecule has 2 radical (unpaired) electrons. The first-order valence-electron chi connectivity index (χ1n) is 6.01. The van der Waals surface area contributed by atoms with Gasteiger partial charge in [-0.15, -0.1) is 0 Å². The van der Waals surface area contributed by atoms with Gasteiger partial charge >= 0.3 is 0 Å². The van der Waals surface area contributed by atoms with Gasteiger partial charge in [0.2, 0.25) is 5.91 Å². The van der Waals surface area contributed by atoms with Crippen molar-refractivity contribution in [2.24, 2.45) is 0 Å². The molecule has 3 N–H and O–H groups in total. The van der Waals surface area contributed by atoms with Crippen LogP contribution in [0.5, 0.6) is 0 Å². The minimum atomic E-state index is -0.543. The van der Waals surface area contributed by atoms with E-state index in [4.69, 9.17) is 13.1 Å². The Hall–Kier alpha value is -1.82. The Kier molecular flexibility index (Phi) is 5.57. The van der Waals surface area contributed by atoms with E-state index < -0.39 is 5.91 Å². The third kappa shape index (κ3) is 4.10. The summed E-state index contributed by atoms with van der Waals surface area (Å²) in [6, 6.07) is 3.38. The Morgan fingerprint density at radius 2 is 1.84 bits per heavy atom. The van der Waals surface area contributed by atoms with Gasteiger partial charge < -0.3 is 5.32 Å². The van der Waals surface area contributed by atoms with Gasteiger partial charge in [-0.3, -0.25) is 14.8 Å². The molecule has 1 rings (SSSR count). The normalized spacial score (nSPS) is 10.1. The molecule has 0 spiro atoms. The largest absolute Gasteiger partial charge is 0.365 e. The van der Waals surface area contributed by atoms with Crippen LogP contribution in [0, 0.1) is 13.8 Å². The lowest BCUT2D eigenvalue weighted by atomic mass is 9.95. The van der Waals surface area contributed by atoms with Gasteiger partial charge in [-0.2, -0.15) is 0 Å². The molecule has 0 fully saturated rings. The van der Waals surface area contributed by atoms with Gasteiger partial charge in [0, 0.05) is 12.0 Å². The lowest BCUT2D eigenvalue weighted by molar-refractivity contribution is -0.120. The number of amides is 2. The molecule has 2 amide bonds. The topological polar surface area (TPSA) is 78.4 Å². The van der Waals surface area contributed by atoms with Gasteiger partial charge in [-0.1, -0.05) is 0 Å². The first kappa shape index (κ1) is 15.2. The zero-order valence-corrected chi connectivity index (χ0v) is 11.1. The van der Waals surface area contributed by atoms with Gasteiger partial charge in [0.05, 0.1) is 7.85 Å². The summed E-state index contributed by atoms with van der Waals surface area (Å²) in [5.41, 5.74) is 4.86. The lowest BCUT2D eigenvalue weighted by Gasteiger charge is -2.12. The van der Waals surface area contributed by atoms with E-state index in [2.05, 4.69) is 5.32 Å². The minimum Gasteiger partial charge on any atom is -0.365 e. The van der Waals surface area contributed by atoms with Crippen LogP contribution in [0.2, 0.25) is 0 Å². The lowest BCUT2D eigenvalue weighted by Crippen LogP contribution is -2.24. The average Bonchev–Trinajstić information content (AvgIpc) is 2.36. The van der Waals surface area contributed by atoms with Gasteiger partial charge in [-0.25, -0.2) is 5.48 Å². The van der Waals surface area contributed by atoms with E-state index in [0.29, 0.717) is 18.4 Å². The minimum absolute atomic E-state index is 0.0986. The van der Waals surface area contributed by atoms with E-state index in [1.165, 1.54) is 0 Å². The quantitative estimate of drug-likeness (QED) is 0.412. The molecule has 1 aromatic rings. The van der Waals surface area contributed by atoms with Crippen LogP contribution in [0.3, 0.4) is 0 Å². The molecule has 100 valence electrons. The van der Waals surface area contributed by atoms with Crippen LogP contribution >= 0.6 is 0 Å². The molecule has 19 heavy (non-hydrogen) atoms. The zero-order valence-electron chi connectivity index (χ0n) is 11.1. The fourth-order valence-electron chi connectivity index (χ4n) is 2.02. The molecule has 0 aliphatic carbocycles. The summed E-state index contributed by atoms with van der Waals surface area (Å²) in [6.07, 6.45) is 1.07. The summed E-state index contributed by atoms with van der Waals surface area (Å²) in [6.45, 7) is 3.74. The zero-order chi connectivity index (χ0) is 14.4. The Morgan fingerprint density at radius 1 is 1.26 bits per heavy atom. The fraction of sp³-hybridized carbons (Fsp3) is 0.385. The van der Waals surface area contributed by atoms with E-state index in [1.807, 2.05) is 13.8 Å². The predicted octanol–water partition coefficient (Wildman–Crippen LogP) is 0.597. The maximum absolute atomic E-state index is 11.4. The molecule has 0 saturated heterocycles. The molecule has 5 nitrogen and oxygen atoms in total. The van der Waals surface area contributed by atoms with Crippen molar-refractivity contribution in [2.45, 2.75) is 26.7 Å². The summed E-state index contributed by atoms with van der Waals surface area (Å²) < 4.78 is 0. The van der Waals surface area contributed by atoms with Crippen LogP contribution in [0.4, 0.5) is 0 Å². The second kappa shape index (κ2) is 6.94. The number of carbonyl (C=O) groups excluding carboxylic acids is 2. The molecular formula is C13H17BN2O3. The van der Waals surface area contributed by atoms with Crippen LogP contribution in [0.15, 0.2) is 12.1 Å². The maximum atomic E-state index is 11.4. The van der Waals surface area contributed by atoms with Gasteiger partial charge in [0.25, 0.3) is 5.91 Å². The summed E-state index contributed by atoms with van der Waals surface area (Å²) in [5.74, 6) is -0.642. The van der Waals surface area contributed by atoms with Crippen LogP contribution in [0.1, 0.15) is 33.5 Å². The van der Waals surface area contributed by atoms with Crippen molar-refractivity contribution in [1.29, 1.82) is 0 Å². The molecule has 0 atom stereocenters. The predicted molar refractivity (Wildman–Crippen MR) is 72.3 cm³/mol. The second-order valence-electron chi connectivity index (χ2n) is 4.33. The van der Waals surface area contributed by atoms with Gasteiger partial charge in [0.15, 0.2) is 0 Å². The van der Waals surface area contributed by atoms with E-state index >= 15 is 0 Å². The number of aryl methyl sites for hydroxylation is 2. The maximum Gasteiger partial charge on any atom is 0.274 e. The van der Waals surface area contributed by atoms with E-state index in [9.17, 15) is 9.59 Å². The Labute approximate surface area is 113 Å². The average molecular weight is 260 g/mol. The highest BCUT2D eigenvalue weighted by atomic mass is 16.5. The molecular weight excluding hydrogens is 243 g/mol. The summed E-state index contributed by atoms with van der Waals surface area (Å²) >= 11 is 0. The number of hydrogen-bond acceptors (Lipinski definition) is 3.